The molecule has 2 heteroatoms. The highest BCUT2D eigenvalue weighted by Gasteiger charge is 2.05. The van der Waals surface area contributed by atoms with Gasteiger partial charge in [-0.2, -0.15) is 0 Å². The van der Waals surface area contributed by atoms with Crippen LogP contribution < -0.4 is 0 Å². The highest BCUT2D eigenvalue weighted by atomic mass is 16.1. The van der Waals surface area contributed by atoms with E-state index in [1.165, 1.54) is 12.2 Å². The van der Waals surface area contributed by atoms with Gasteiger partial charge in [0, 0.05) is 11.8 Å². The fourth-order valence-corrected chi connectivity index (χ4v) is 0.549. The Morgan fingerprint density at radius 3 is 1.25 bits per heavy atom. The zero-order valence-corrected chi connectivity index (χ0v) is 8.13. The Hall–Kier alpha value is -0.920. The summed E-state index contributed by atoms with van der Waals surface area (Å²) in [5, 5.41) is 0. The van der Waals surface area contributed by atoms with Gasteiger partial charge in [0.2, 0.25) is 0 Å². The van der Waals surface area contributed by atoms with Crippen molar-refractivity contribution in [1.82, 2.24) is 0 Å². The minimum Gasteiger partial charge on any atom is -0.295 e. The molecule has 0 atom stereocenters. The van der Waals surface area contributed by atoms with Crippen LogP contribution >= 0.6 is 0 Å². The van der Waals surface area contributed by atoms with E-state index in [0.29, 0.717) is 0 Å². The predicted molar refractivity (Wildman–Crippen MR) is 48.8 cm³/mol. The van der Waals surface area contributed by atoms with E-state index in [4.69, 9.17) is 0 Å². The molecule has 0 saturated heterocycles. The standard InChI is InChI=1S/C10H16O2/c1-7(2)9(11)5-6-10(12)8(3)4/h5-8H,1-4H3/b6-5-. The Morgan fingerprint density at radius 1 is 0.833 bits per heavy atom. The number of carbonyl (C=O) groups excluding carboxylic acids is 2. The fourth-order valence-electron chi connectivity index (χ4n) is 0.549. The first-order valence-corrected chi connectivity index (χ1v) is 4.21. The number of carbonyl (C=O) groups is 2. The van der Waals surface area contributed by atoms with Crippen LogP contribution in [0.15, 0.2) is 12.2 Å². The van der Waals surface area contributed by atoms with Crippen LogP contribution in [-0.4, -0.2) is 11.6 Å². The molecule has 0 saturated carbocycles. The Labute approximate surface area is 73.7 Å². The zero-order valence-electron chi connectivity index (χ0n) is 8.13. The van der Waals surface area contributed by atoms with Crippen molar-refractivity contribution in [3.8, 4) is 0 Å². The second-order valence-corrected chi connectivity index (χ2v) is 3.45. The number of hydrogen-bond donors (Lipinski definition) is 0. The lowest BCUT2D eigenvalue weighted by molar-refractivity contribution is -0.119. The average Bonchev–Trinajstić information content (AvgIpc) is 1.98. The van der Waals surface area contributed by atoms with Crippen LogP contribution in [0.4, 0.5) is 0 Å². The van der Waals surface area contributed by atoms with E-state index in [9.17, 15) is 9.59 Å². The maximum Gasteiger partial charge on any atom is 0.158 e. The topological polar surface area (TPSA) is 34.1 Å². The van der Waals surface area contributed by atoms with Gasteiger partial charge in [-0.25, -0.2) is 0 Å². The molecule has 0 rings (SSSR count). The molecule has 0 amide bonds. The summed E-state index contributed by atoms with van der Waals surface area (Å²) in [5.74, 6) is -0.0459. The molecule has 0 bridgehead atoms. The normalized spacial score (nSPS) is 11.5. The second kappa shape index (κ2) is 4.86. The van der Waals surface area contributed by atoms with E-state index in [0.717, 1.165) is 0 Å². The van der Waals surface area contributed by atoms with Gasteiger partial charge in [0.15, 0.2) is 11.6 Å². The quantitative estimate of drug-likeness (QED) is 0.601. The van der Waals surface area contributed by atoms with Crippen molar-refractivity contribution in [2.75, 3.05) is 0 Å². The van der Waals surface area contributed by atoms with Crippen molar-refractivity contribution >= 4 is 11.6 Å². The predicted octanol–water partition coefficient (Wildman–Crippen LogP) is 1.99. The maximum absolute atomic E-state index is 11.0. The second-order valence-electron chi connectivity index (χ2n) is 3.45. The van der Waals surface area contributed by atoms with Crippen LogP contribution in [0.5, 0.6) is 0 Å². The molecule has 0 heterocycles. The lowest BCUT2D eigenvalue weighted by Gasteiger charge is -1.98. The van der Waals surface area contributed by atoms with Crippen molar-refractivity contribution in [3.63, 3.8) is 0 Å². The van der Waals surface area contributed by atoms with E-state index in [1.54, 1.807) is 0 Å². The number of allylic oxidation sites excluding steroid dienone is 2. The Morgan fingerprint density at radius 2 is 1.08 bits per heavy atom. The van der Waals surface area contributed by atoms with Crippen molar-refractivity contribution in [3.05, 3.63) is 12.2 Å². The highest BCUT2D eigenvalue weighted by Crippen LogP contribution is 1.99. The third-order valence-corrected chi connectivity index (χ3v) is 1.55. The lowest BCUT2D eigenvalue weighted by Crippen LogP contribution is -2.06. The van der Waals surface area contributed by atoms with Gasteiger partial charge in [-0.1, -0.05) is 27.7 Å². The molecule has 0 aromatic carbocycles. The van der Waals surface area contributed by atoms with Crippen LogP contribution in [0.3, 0.4) is 0 Å². The van der Waals surface area contributed by atoms with Gasteiger partial charge < -0.3 is 0 Å². The maximum atomic E-state index is 11.0. The summed E-state index contributed by atoms with van der Waals surface area (Å²) in [4.78, 5) is 22.1. The summed E-state index contributed by atoms with van der Waals surface area (Å²) in [6, 6.07) is 0. The molecule has 0 unspecified atom stereocenters. The Balaban J connectivity index is 4.08. The SMILES string of the molecule is CC(C)C(=O)/C=C\C(=O)C(C)C. The van der Waals surface area contributed by atoms with E-state index >= 15 is 0 Å². The summed E-state index contributed by atoms with van der Waals surface area (Å²) in [7, 11) is 0. The first-order valence-electron chi connectivity index (χ1n) is 4.21. The largest absolute Gasteiger partial charge is 0.295 e. The van der Waals surface area contributed by atoms with E-state index in [2.05, 4.69) is 0 Å². The molecule has 0 aliphatic heterocycles. The van der Waals surface area contributed by atoms with Crippen molar-refractivity contribution in [2.45, 2.75) is 27.7 Å². The van der Waals surface area contributed by atoms with Gasteiger partial charge in [0.1, 0.15) is 0 Å². The van der Waals surface area contributed by atoms with E-state index in [1.807, 2.05) is 27.7 Å². The molecule has 0 aliphatic rings. The fraction of sp³-hybridized carbons (Fsp3) is 0.600. The van der Waals surface area contributed by atoms with Gasteiger partial charge in [0.05, 0.1) is 0 Å². The first kappa shape index (κ1) is 11.1. The number of hydrogen-bond acceptors (Lipinski definition) is 2. The van der Waals surface area contributed by atoms with Crippen LogP contribution in [0.2, 0.25) is 0 Å². The number of ketones is 2. The summed E-state index contributed by atoms with van der Waals surface area (Å²) in [5.41, 5.74) is 0. The Bertz CT molecular complexity index is 178. The van der Waals surface area contributed by atoms with Crippen LogP contribution in [0.1, 0.15) is 27.7 Å². The molecule has 0 N–H and O–H groups in total. The molecule has 0 aromatic heterocycles. The van der Waals surface area contributed by atoms with Crippen LogP contribution in [0, 0.1) is 11.8 Å². The molecule has 0 aromatic rings. The zero-order chi connectivity index (χ0) is 9.72. The van der Waals surface area contributed by atoms with Crippen molar-refractivity contribution in [2.24, 2.45) is 11.8 Å². The molecular weight excluding hydrogens is 152 g/mol. The molecule has 0 radical (unpaired) electrons. The van der Waals surface area contributed by atoms with Gasteiger partial charge in [-0.3, -0.25) is 9.59 Å². The minimum absolute atomic E-state index is 0.00370. The number of rotatable bonds is 4. The van der Waals surface area contributed by atoms with E-state index < -0.39 is 0 Å². The minimum atomic E-state index is -0.0267. The smallest absolute Gasteiger partial charge is 0.158 e. The molecule has 0 fully saturated rings. The highest BCUT2D eigenvalue weighted by molar-refractivity contribution is 5.99. The average molecular weight is 168 g/mol. The van der Waals surface area contributed by atoms with Crippen molar-refractivity contribution < 1.29 is 9.59 Å². The summed E-state index contributed by atoms with van der Waals surface area (Å²) < 4.78 is 0. The molecule has 68 valence electrons. The van der Waals surface area contributed by atoms with Crippen LogP contribution in [0.25, 0.3) is 0 Å². The molecule has 12 heavy (non-hydrogen) atoms. The lowest BCUT2D eigenvalue weighted by atomic mass is 10.1. The summed E-state index contributed by atoms with van der Waals surface area (Å²) >= 11 is 0. The summed E-state index contributed by atoms with van der Waals surface area (Å²) in [6.45, 7) is 7.25. The molecular formula is C10H16O2. The van der Waals surface area contributed by atoms with Gasteiger partial charge in [-0.15, -0.1) is 0 Å². The molecule has 0 spiro atoms. The summed E-state index contributed by atoms with van der Waals surface area (Å²) in [6.07, 6.45) is 2.74. The first-order chi connectivity index (χ1) is 5.45. The third kappa shape index (κ3) is 4.06. The van der Waals surface area contributed by atoms with Gasteiger partial charge >= 0.3 is 0 Å². The van der Waals surface area contributed by atoms with Gasteiger partial charge in [-0.05, 0) is 12.2 Å². The van der Waals surface area contributed by atoms with E-state index in [-0.39, 0.29) is 23.4 Å². The molecule has 0 aliphatic carbocycles. The monoisotopic (exact) mass is 168 g/mol. The third-order valence-electron chi connectivity index (χ3n) is 1.55. The Kier molecular flexibility index (Phi) is 4.49. The van der Waals surface area contributed by atoms with Gasteiger partial charge in [0.25, 0.3) is 0 Å². The van der Waals surface area contributed by atoms with Crippen LogP contribution in [-0.2, 0) is 9.59 Å². The molecule has 2 nitrogen and oxygen atoms in total. The van der Waals surface area contributed by atoms with Crippen molar-refractivity contribution in [1.29, 1.82) is 0 Å².